The average Bonchev–Trinajstić information content (AvgIpc) is 2.77. The summed E-state index contributed by atoms with van der Waals surface area (Å²) in [5.41, 5.74) is 5.09. The number of nitrogens with zero attached hydrogens (tertiary/aromatic N) is 4. The van der Waals surface area contributed by atoms with Gasteiger partial charge >= 0.3 is 0 Å². The number of anilines is 2. The molecule has 0 amide bonds. The smallest absolute Gasteiger partial charge is 0.229 e. The zero-order chi connectivity index (χ0) is 22.8. The molecule has 166 valence electrons. The molecule has 2 aliphatic rings. The molecule has 0 saturated heterocycles. The molecule has 0 bridgehead atoms. The zero-order valence-corrected chi connectivity index (χ0v) is 18.8. The molecule has 4 rings (SSSR count). The lowest BCUT2D eigenvalue weighted by atomic mass is 9.93. The Morgan fingerprint density at radius 1 is 1.22 bits per heavy atom. The Morgan fingerprint density at radius 3 is 2.78 bits per heavy atom. The van der Waals surface area contributed by atoms with Gasteiger partial charge in [-0.15, -0.1) is 0 Å². The highest BCUT2D eigenvalue weighted by molar-refractivity contribution is 6.13. The number of rotatable bonds is 5. The number of allylic oxidation sites excluding steroid dienone is 6. The SMILES string of the molecule is CN/C(=C1/C=C(c2nc(Nc3ccc4c(n3)CCN(C)C4)ncc2F)C=CC1=N)C(C)C. The first-order chi connectivity index (χ1) is 15.4. The Hall–Kier alpha value is -3.39. The predicted octanol–water partition coefficient (Wildman–Crippen LogP) is 3.84. The summed E-state index contributed by atoms with van der Waals surface area (Å²) in [6, 6.07) is 3.96. The lowest BCUT2D eigenvalue weighted by Crippen LogP contribution is -2.27. The first kappa shape index (κ1) is 21.8. The summed E-state index contributed by atoms with van der Waals surface area (Å²) in [5.74, 6) is 0.594. The second-order valence-electron chi connectivity index (χ2n) is 8.38. The standard InChI is InChI=1S/C24H28FN7/c1-14(2)22(27-3)17-11-15(5-7-19(17)26)23-18(25)12-28-24(31-23)30-21-8-6-16-13-32(4)10-9-20(16)29-21/h5-8,11-12,14,26-27H,9-10,13H2,1-4H3,(H,28,29,30,31)/b22-17-,26-19?. The normalized spacial score (nSPS) is 17.8. The molecule has 1 aliphatic carbocycles. The highest BCUT2D eigenvalue weighted by Crippen LogP contribution is 2.27. The van der Waals surface area contributed by atoms with E-state index < -0.39 is 5.82 Å². The highest BCUT2D eigenvalue weighted by atomic mass is 19.1. The van der Waals surface area contributed by atoms with E-state index >= 15 is 0 Å². The van der Waals surface area contributed by atoms with Gasteiger partial charge in [-0.3, -0.25) is 0 Å². The number of aromatic nitrogens is 3. The van der Waals surface area contributed by atoms with Crippen molar-refractivity contribution in [2.75, 3.05) is 26.0 Å². The highest BCUT2D eigenvalue weighted by Gasteiger charge is 2.19. The van der Waals surface area contributed by atoms with Gasteiger partial charge in [0.1, 0.15) is 11.5 Å². The lowest BCUT2D eigenvalue weighted by molar-refractivity contribution is 0.310. The van der Waals surface area contributed by atoms with E-state index in [9.17, 15) is 4.39 Å². The number of fused-ring (bicyclic) bond motifs is 1. The minimum atomic E-state index is -0.517. The summed E-state index contributed by atoms with van der Waals surface area (Å²) < 4.78 is 14.7. The summed E-state index contributed by atoms with van der Waals surface area (Å²) in [6.45, 7) is 5.96. The largest absolute Gasteiger partial charge is 0.391 e. The first-order valence-corrected chi connectivity index (χ1v) is 10.7. The van der Waals surface area contributed by atoms with E-state index in [4.69, 9.17) is 10.4 Å². The van der Waals surface area contributed by atoms with Crippen LogP contribution < -0.4 is 10.6 Å². The van der Waals surface area contributed by atoms with Crippen molar-refractivity contribution in [2.24, 2.45) is 5.92 Å². The fraction of sp³-hybridized carbons (Fsp3) is 0.333. The van der Waals surface area contributed by atoms with E-state index in [1.165, 1.54) is 5.56 Å². The maximum absolute atomic E-state index is 14.7. The van der Waals surface area contributed by atoms with E-state index in [2.05, 4.69) is 52.5 Å². The molecule has 3 heterocycles. The Kier molecular flexibility index (Phi) is 6.14. The van der Waals surface area contributed by atoms with E-state index in [1.54, 1.807) is 18.2 Å². The van der Waals surface area contributed by atoms with Crippen LogP contribution in [0.3, 0.4) is 0 Å². The number of nitrogens with one attached hydrogen (secondary N) is 3. The molecular weight excluding hydrogens is 405 g/mol. The molecule has 8 heteroatoms. The van der Waals surface area contributed by atoms with Crippen LogP contribution in [-0.4, -0.2) is 46.2 Å². The second kappa shape index (κ2) is 9.00. The molecule has 0 fully saturated rings. The first-order valence-electron chi connectivity index (χ1n) is 10.7. The third kappa shape index (κ3) is 4.45. The number of hydrogen-bond donors (Lipinski definition) is 3. The van der Waals surface area contributed by atoms with Crippen LogP contribution in [0.4, 0.5) is 16.2 Å². The van der Waals surface area contributed by atoms with Crippen molar-refractivity contribution in [3.63, 3.8) is 0 Å². The molecule has 0 unspecified atom stereocenters. The van der Waals surface area contributed by atoms with Gasteiger partial charge in [0.2, 0.25) is 5.95 Å². The van der Waals surface area contributed by atoms with Crippen LogP contribution >= 0.6 is 0 Å². The number of likely N-dealkylation sites (N-methyl/N-ethyl adjacent to an activating group) is 1. The summed E-state index contributed by atoms with van der Waals surface area (Å²) in [6.07, 6.45) is 7.23. The molecule has 0 aromatic carbocycles. The Labute approximate surface area is 187 Å². The van der Waals surface area contributed by atoms with Crippen molar-refractivity contribution in [3.05, 3.63) is 70.6 Å². The van der Waals surface area contributed by atoms with Crippen molar-refractivity contribution in [2.45, 2.75) is 26.8 Å². The second-order valence-corrected chi connectivity index (χ2v) is 8.38. The summed E-state index contributed by atoms with van der Waals surface area (Å²) in [7, 11) is 3.93. The minimum absolute atomic E-state index is 0.183. The summed E-state index contributed by atoms with van der Waals surface area (Å²) >= 11 is 0. The van der Waals surface area contributed by atoms with Crippen LogP contribution in [0.15, 0.2) is 47.8 Å². The van der Waals surface area contributed by atoms with E-state index in [0.717, 1.165) is 42.7 Å². The minimum Gasteiger partial charge on any atom is -0.391 e. The molecule has 1 aliphatic heterocycles. The predicted molar refractivity (Wildman–Crippen MR) is 125 cm³/mol. The number of hydrogen-bond acceptors (Lipinski definition) is 7. The van der Waals surface area contributed by atoms with E-state index in [0.29, 0.717) is 17.1 Å². The molecule has 0 saturated carbocycles. The van der Waals surface area contributed by atoms with E-state index in [1.807, 2.05) is 13.1 Å². The Morgan fingerprint density at radius 2 is 2.03 bits per heavy atom. The van der Waals surface area contributed by atoms with Gasteiger partial charge in [0.25, 0.3) is 0 Å². The third-order valence-corrected chi connectivity index (χ3v) is 5.65. The van der Waals surface area contributed by atoms with Crippen molar-refractivity contribution < 1.29 is 4.39 Å². The van der Waals surface area contributed by atoms with Crippen molar-refractivity contribution >= 4 is 23.1 Å². The van der Waals surface area contributed by atoms with Crippen molar-refractivity contribution in [1.29, 1.82) is 5.41 Å². The van der Waals surface area contributed by atoms with Gasteiger partial charge < -0.3 is 20.9 Å². The van der Waals surface area contributed by atoms with Crippen molar-refractivity contribution in [1.82, 2.24) is 25.2 Å². The fourth-order valence-corrected chi connectivity index (χ4v) is 4.02. The monoisotopic (exact) mass is 433 g/mol. The van der Waals surface area contributed by atoms with Crippen LogP contribution in [0.1, 0.15) is 30.8 Å². The topological polar surface area (TPSA) is 89.8 Å². The zero-order valence-electron chi connectivity index (χ0n) is 18.8. The maximum Gasteiger partial charge on any atom is 0.229 e. The van der Waals surface area contributed by atoms with Gasteiger partial charge in [0, 0.05) is 49.1 Å². The molecular formula is C24H28FN7. The van der Waals surface area contributed by atoms with Gasteiger partial charge in [-0.05, 0) is 36.7 Å². The molecule has 2 aromatic rings. The Balaban J connectivity index is 1.65. The molecule has 0 radical (unpaired) electrons. The fourth-order valence-electron chi connectivity index (χ4n) is 4.02. The van der Waals surface area contributed by atoms with Crippen LogP contribution in [0, 0.1) is 17.1 Å². The average molecular weight is 434 g/mol. The summed E-state index contributed by atoms with van der Waals surface area (Å²) in [4.78, 5) is 15.5. The van der Waals surface area contributed by atoms with Crippen LogP contribution in [0.2, 0.25) is 0 Å². The summed E-state index contributed by atoms with van der Waals surface area (Å²) in [5, 5.41) is 14.6. The van der Waals surface area contributed by atoms with Crippen LogP contribution in [0.5, 0.6) is 0 Å². The quantitative estimate of drug-likeness (QED) is 0.664. The number of pyridine rings is 1. The number of halogens is 1. The van der Waals surface area contributed by atoms with Gasteiger partial charge in [0.15, 0.2) is 5.82 Å². The third-order valence-electron chi connectivity index (χ3n) is 5.65. The molecule has 0 spiro atoms. The molecule has 7 nitrogen and oxygen atoms in total. The molecule has 2 aromatic heterocycles. The van der Waals surface area contributed by atoms with Crippen molar-refractivity contribution in [3.8, 4) is 0 Å². The maximum atomic E-state index is 14.7. The van der Waals surface area contributed by atoms with Gasteiger partial charge in [-0.1, -0.05) is 26.0 Å². The van der Waals surface area contributed by atoms with Crippen LogP contribution in [-0.2, 0) is 13.0 Å². The van der Waals surface area contributed by atoms with Gasteiger partial charge in [-0.25, -0.2) is 19.3 Å². The molecule has 32 heavy (non-hydrogen) atoms. The van der Waals surface area contributed by atoms with Gasteiger partial charge in [0.05, 0.1) is 11.9 Å². The van der Waals surface area contributed by atoms with Crippen LogP contribution in [0.25, 0.3) is 5.57 Å². The van der Waals surface area contributed by atoms with E-state index in [-0.39, 0.29) is 17.6 Å². The van der Waals surface area contributed by atoms with Gasteiger partial charge in [-0.2, -0.15) is 0 Å². The Bertz CT molecular complexity index is 1150. The molecule has 3 N–H and O–H groups in total. The lowest BCUT2D eigenvalue weighted by Gasteiger charge is -2.24. The molecule has 0 atom stereocenters.